The summed E-state index contributed by atoms with van der Waals surface area (Å²) in [5.41, 5.74) is 4.70. The molecule has 2 aromatic rings. The lowest BCUT2D eigenvalue weighted by molar-refractivity contribution is -0.143. The molecular weight excluding hydrogens is 252 g/mol. The third-order valence-corrected chi connectivity index (χ3v) is 3.62. The lowest BCUT2D eigenvalue weighted by atomic mass is 10.1. The van der Waals surface area contributed by atoms with E-state index in [-0.39, 0.29) is 5.97 Å². The molecule has 0 N–H and O–H groups in total. The van der Waals surface area contributed by atoms with E-state index in [9.17, 15) is 4.79 Å². The predicted octanol–water partition coefficient (Wildman–Crippen LogP) is 3.30. The van der Waals surface area contributed by atoms with Gasteiger partial charge in [0.1, 0.15) is 5.82 Å². The van der Waals surface area contributed by atoms with Crippen LogP contribution in [0.5, 0.6) is 0 Å². The van der Waals surface area contributed by atoms with Gasteiger partial charge in [-0.2, -0.15) is 0 Å². The first-order valence-electron chi connectivity index (χ1n) is 7.12. The third kappa shape index (κ3) is 3.00. The van der Waals surface area contributed by atoms with Gasteiger partial charge in [0.2, 0.25) is 0 Å². The van der Waals surface area contributed by atoms with E-state index in [1.807, 2.05) is 13.8 Å². The van der Waals surface area contributed by atoms with E-state index in [2.05, 4.69) is 35.5 Å². The average Bonchev–Trinajstić information content (AvgIpc) is 2.67. The molecule has 0 bridgehead atoms. The van der Waals surface area contributed by atoms with Crippen molar-refractivity contribution in [2.24, 2.45) is 0 Å². The number of esters is 1. The molecule has 108 valence electrons. The van der Waals surface area contributed by atoms with Crippen LogP contribution in [0.3, 0.4) is 0 Å². The van der Waals surface area contributed by atoms with Crippen molar-refractivity contribution in [1.29, 1.82) is 0 Å². The number of nitrogens with zero attached hydrogens (tertiary/aromatic N) is 2. The number of carbonyl (C=O) groups is 1. The lowest BCUT2D eigenvalue weighted by Crippen LogP contribution is -2.07. The highest BCUT2D eigenvalue weighted by Crippen LogP contribution is 2.21. The number of imidazole rings is 1. The number of benzene rings is 1. The van der Waals surface area contributed by atoms with Gasteiger partial charge in [0.25, 0.3) is 0 Å². The zero-order chi connectivity index (χ0) is 14.7. The largest absolute Gasteiger partial charge is 0.466 e. The van der Waals surface area contributed by atoms with E-state index in [1.54, 1.807) is 0 Å². The molecule has 0 amide bonds. The van der Waals surface area contributed by atoms with Crippen molar-refractivity contribution >= 4 is 17.0 Å². The van der Waals surface area contributed by atoms with Crippen LogP contribution in [0, 0.1) is 20.8 Å². The predicted molar refractivity (Wildman–Crippen MR) is 79.8 cm³/mol. The number of hydrogen-bond donors (Lipinski definition) is 0. The smallest absolute Gasteiger partial charge is 0.305 e. The molecule has 0 aliphatic heterocycles. The Balaban J connectivity index is 2.15. The fourth-order valence-electron chi connectivity index (χ4n) is 2.40. The van der Waals surface area contributed by atoms with Crippen LogP contribution in [0.4, 0.5) is 0 Å². The van der Waals surface area contributed by atoms with Crippen molar-refractivity contribution in [1.82, 2.24) is 9.55 Å². The highest BCUT2D eigenvalue weighted by Gasteiger charge is 2.10. The van der Waals surface area contributed by atoms with Gasteiger partial charge in [0, 0.05) is 13.0 Å². The summed E-state index contributed by atoms with van der Waals surface area (Å²) in [6.07, 6.45) is 1.23. The van der Waals surface area contributed by atoms with Crippen LogP contribution in [0.2, 0.25) is 0 Å². The topological polar surface area (TPSA) is 44.1 Å². The van der Waals surface area contributed by atoms with Gasteiger partial charge in [-0.1, -0.05) is 0 Å². The maximum Gasteiger partial charge on any atom is 0.305 e. The molecule has 0 aliphatic rings. The Hall–Kier alpha value is -1.84. The number of fused-ring (bicyclic) bond motifs is 1. The fraction of sp³-hybridized carbons (Fsp3) is 0.500. The number of aromatic nitrogens is 2. The van der Waals surface area contributed by atoms with E-state index in [1.165, 1.54) is 11.1 Å². The van der Waals surface area contributed by atoms with Crippen molar-refractivity contribution in [3.05, 3.63) is 29.1 Å². The van der Waals surface area contributed by atoms with Crippen molar-refractivity contribution in [2.75, 3.05) is 6.61 Å². The zero-order valence-corrected chi connectivity index (χ0v) is 12.7. The number of aryl methyl sites for hydroxylation is 4. The molecule has 0 saturated heterocycles. The van der Waals surface area contributed by atoms with Crippen LogP contribution >= 0.6 is 0 Å². The Labute approximate surface area is 119 Å². The Bertz CT molecular complexity index is 629. The second-order valence-corrected chi connectivity index (χ2v) is 5.14. The Morgan fingerprint density at radius 1 is 1.25 bits per heavy atom. The maximum atomic E-state index is 11.4. The van der Waals surface area contributed by atoms with Gasteiger partial charge in [0.15, 0.2) is 0 Å². The minimum atomic E-state index is -0.124. The van der Waals surface area contributed by atoms with E-state index >= 15 is 0 Å². The summed E-state index contributed by atoms with van der Waals surface area (Å²) in [4.78, 5) is 16.0. The molecule has 1 aromatic heterocycles. The van der Waals surface area contributed by atoms with Crippen molar-refractivity contribution in [3.63, 3.8) is 0 Å². The van der Waals surface area contributed by atoms with Crippen molar-refractivity contribution in [3.8, 4) is 0 Å². The van der Waals surface area contributed by atoms with Gasteiger partial charge in [-0.25, -0.2) is 4.98 Å². The Morgan fingerprint density at radius 2 is 1.95 bits per heavy atom. The molecule has 0 unspecified atom stereocenters. The molecule has 2 rings (SSSR count). The number of ether oxygens (including phenoxy) is 1. The monoisotopic (exact) mass is 274 g/mol. The van der Waals surface area contributed by atoms with Crippen LogP contribution in [0.15, 0.2) is 12.1 Å². The Morgan fingerprint density at radius 3 is 2.65 bits per heavy atom. The van der Waals surface area contributed by atoms with Crippen LogP contribution < -0.4 is 0 Å². The van der Waals surface area contributed by atoms with E-state index in [4.69, 9.17) is 4.74 Å². The highest BCUT2D eigenvalue weighted by atomic mass is 16.5. The van der Waals surface area contributed by atoms with Gasteiger partial charge in [-0.15, -0.1) is 0 Å². The summed E-state index contributed by atoms with van der Waals surface area (Å²) in [5.74, 6) is 0.871. The number of rotatable bonds is 5. The first-order chi connectivity index (χ1) is 9.52. The molecule has 0 aliphatic carbocycles. The summed E-state index contributed by atoms with van der Waals surface area (Å²) in [6.45, 7) is 9.30. The first kappa shape index (κ1) is 14.6. The summed E-state index contributed by atoms with van der Waals surface area (Å²) in [7, 11) is 0. The summed E-state index contributed by atoms with van der Waals surface area (Å²) in [6, 6.07) is 4.30. The van der Waals surface area contributed by atoms with E-state index in [0.29, 0.717) is 13.0 Å². The van der Waals surface area contributed by atoms with Crippen LogP contribution in [0.1, 0.15) is 36.7 Å². The second-order valence-electron chi connectivity index (χ2n) is 5.14. The maximum absolute atomic E-state index is 11.4. The molecule has 1 aromatic carbocycles. The van der Waals surface area contributed by atoms with Crippen molar-refractivity contribution < 1.29 is 9.53 Å². The summed E-state index contributed by atoms with van der Waals surface area (Å²) in [5, 5.41) is 0. The van der Waals surface area contributed by atoms with Gasteiger partial charge in [-0.3, -0.25) is 4.79 Å². The van der Waals surface area contributed by atoms with E-state index < -0.39 is 0 Å². The molecule has 4 heteroatoms. The molecule has 20 heavy (non-hydrogen) atoms. The lowest BCUT2D eigenvalue weighted by Gasteiger charge is -2.08. The van der Waals surface area contributed by atoms with Gasteiger partial charge in [0.05, 0.1) is 17.6 Å². The number of hydrogen-bond acceptors (Lipinski definition) is 3. The van der Waals surface area contributed by atoms with Gasteiger partial charge >= 0.3 is 5.97 Å². The fourth-order valence-corrected chi connectivity index (χ4v) is 2.40. The second kappa shape index (κ2) is 6.07. The summed E-state index contributed by atoms with van der Waals surface area (Å²) >= 11 is 0. The Kier molecular flexibility index (Phi) is 4.42. The van der Waals surface area contributed by atoms with Gasteiger partial charge < -0.3 is 9.30 Å². The molecule has 0 saturated carbocycles. The molecule has 4 nitrogen and oxygen atoms in total. The quantitative estimate of drug-likeness (QED) is 0.786. The molecule has 0 atom stereocenters. The first-order valence-corrected chi connectivity index (χ1v) is 7.12. The number of carbonyl (C=O) groups excluding carboxylic acids is 1. The normalized spacial score (nSPS) is 11.0. The highest BCUT2D eigenvalue weighted by molar-refractivity contribution is 5.78. The average molecular weight is 274 g/mol. The third-order valence-electron chi connectivity index (χ3n) is 3.62. The molecule has 0 radical (unpaired) electrons. The van der Waals surface area contributed by atoms with Crippen molar-refractivity contribution in [2.45, 2.75) is 47.1 Å². The molecular formula is C16H22N2O2. The minimum absolute atomic E-state index is 0.124. The molecule has 0 fully saturated rings. The summed E-state index contributed by atoms with van der Waals surface area (Å²) < 4.78 is 7.13. The standard InChI is InChI=1S/C16H22N2O2/c1-5-20-16(19)7-6-8-18-13(4)17-14-9-11(2)12(3)10-15(14)18/h9-10H,5-8H2,1-4H3. The van der Waals surface area contributed by atoms with Crippen LogP contribution in [-0.4, -0.2) is 22.1 Å². The zero-order valence-electron chi connectivity index (χ0n) is 12.7. The molecule has 1 heterocycles. The SMILES string of the molecule is CCOC(=O)CCCn1c(C)nc2cc(C)c(C)cc21. The van der Waals surface area contributed by atoms with Crippen LogP contribution in [-0.2, 0) is 16.1 Å². The van der Waals surface area contributed by atoms with Crippen LogP contribution in [0.25, 0.3) is 11.0 Å². The minimum Gasteiger partial charge on any atom is -0.466 e. The van der Waals surface area contributed by atoms with E-state index in [0.717, 1.165) is 29.8 Å². The molecule has 0 spiro atoms. The van der Waals surface area contributed by atoms with Gasteiger partial charge in [-0.05, 0) is 57.4 Å².